The van der Waals surface area contributed by atoms with Crippen molar-refractivity contribution >= 4 is 11.6 Å². The Bertz CT molecular complexity index is 1250. The fourth-order valence-corrected chi connectivity index (χ4v) is 4.26. The van der Waals surface area contributed by atoms with Crippen molar-refractivity contribution in [1.82, 2.24) is 24.5 Å². The Kier molecular flexibility index (Phi) is 4.95. The smallest absolute Gasteiger partial charge is 0.254 e. The molecular weight excluding hydrogens is 388 g/mol. The molecule has 1 aliphatic rings. The molecule has 156 valence electrons. The minimum atomic E-state index is 0.00843. The van der Waals surface area contributed by atoms with Crippen LogP contribution in [-0.4, -0.2) is 49.5 Å². The van der Waals surface area contributed by atoms with E-state index in [0.717, 1.165) is 41.9 Å². The molecule has 1 saturated heterocycles. The predicted molar refractivity (Wildman–Crippen MR) is 120 cm³/mol. The molecule has 1 unspecified atom stereocenters. The maximum absolute atomic E-state index is 13.2. The molecule has 0 radical (unpaired) electrons. The van der Waals surface area contributed by atoms with Crippen molar-refractivity contribution in [2.45, 2.75) is 25.8 Å². The minimum Gasteiger partial charge on any atom is -0.334 e. The summed E-state index contributed by atoms with van der Waals surface area (Å²) in [5, 5.41) is 4.44. The quantitative estimate of drug-likeness (QED) is 0.555. The van der Waals surface area contributed by atoms with E-state index in [0.29, 0.717) is 23.4 Å². The van der Waals surface area contributed by atoms with Crippen LogP contribution in [0.4, 0.5) is 0 Å². The van der Waals surface area contributed by atoms with E-state index in [1.54, 1.807) is 10.7 Å². The molecule has 0 aliphatic carbocycles. The Labute approximate surface area is 180 Å². The Morgan fingerprint density at radius 2 is 1.97 bits per heavy atom. The lowest BCUT2D eigenvalue weighted by atomic mass is 10.1. The van der Waals surface area contributed by atoms with Gasteiger partial charge in [0.1, 0.15) is 0 Å². The lowest BCUT2D eigenvalue weighted by Gasteiger charge is -2.23. The number of rotatable bonds is 4. The highest BCUT2D eigenvalue weighted by atomic mass is 16.2. The molecule has 3 aromatic heterocycles. The van der Waals surface area contributed by atoms with Gasteiger partial charge in [0.15, 0.2) is 5.65 Å². The number of fused-ring (bicyclic) bond motifs is 1. The molecule has 7 nitrogen and oxygen atoms in total. The summed E-state index contributed by atoms with van der Waals surface area (Å²) >= 11 is 0. The third-order valence-corrected chi connectivity index (χ3v) is 5.83. The first-order chi connectivity index (χ1) is 15.1. The summed E-state index contributed by atoms with van der Waals surface area (Å²) in [6.07, 6.45) is 5.60. The molecule has 1 aliphatic heterocycles. The summed E-state index contributed by atoms with van der Waals surface area (Å²) in [5.74, 6) is 0.00843. The number of hydrogen-bond acceptors (Lipinski definition) is 5. The maximum atomic E-state index is 13.2. The Hall–Kier alpha value is -3.58. The molecule has 0 bridgehead atoms. The highest BCUT2D eigenvalue weighted by Gasteiger charge is 2.29. The van der Waals surface area contributed by atoms with Gasteiger partial charge in [-0.2, -0.15) is 5.10 Å². The van der Waals surface area contributed by atoms with Gasteiger partial charge in [0.25, 0.3) is 5.91 Å². The first-order valence-corrected chi connectivity index (χ1v) is 10.5. The van der Waals surface area contributed by atoms with E-state index in [9.17, 15) is 4.79 Å². The number of aryl methyl sites for hydroxylation is 1. The molecule has 1 atom stereocenters. The molecule has 31 heavy (non-hydrogen) atoms. The first-order valence-electron chi connectivity index (χ1n) is 10.5. The molecular formula is C24H24N6O. The second-order valence-corrected chi connectivity index (χ2v) is 7.92. The molecule has 1 fully saturated rings. The van der Waals surface area contributed by atoms with E-state index >= 15 is 0 Å². The van der Waals surface area contributed by atoms with Gasteiger partial charge in [0.2, 0.25) is 0 Å². The zero-order chi connectivity index (χ0) is 21.4. The van der Waals surface area contributed by atoms with Crippen LogP contribution in [0.2, 0.25) is 0 Å². The van der Waals surface area contributed by atoms with Crippen molar-refractivity contribution in [2.75, 3.05) is 13.1 Å². The zero-order valence-electron chi connectivity index (χ0n) is 17.4. The number of nitrogens with two attached hydrogens (primary N) is 1. The minimum absolute atomic E-state index is 0.00843. The number of nitrogens with zero attached hydrogens (tertiary/aromatic N) is 5. The van der Waals surface area contributed by atoms with Gasteiger partial charge < -0.3 is 10.6 Å². The fourth-order valence-electron chi connectivity index (χ4n) is 4.26. The van der Waals surface area contributed by atoms with Crippen molar-refractivity contribution in [3.05, 3.63) is 72.2 Å². The molecule has 1 amide bonds. The number of likely N-dealkylation sites (tertiary alicyclic amines) is 1. The number of amides is 1. The Morgan fingerprint density at radius 3 is 2.77 bits per heavy atom. The van der Waals surface area contributed by atoms with E-state index in [2.05, 4.69) is 10.1 Å². The summed E-state index contributed by atoms with van der Waals surface area (Å²) in [6.45, 7) is 3.14. The second kappa shape index (κ2) is 7.92. The van der Waals surface area contributed by atoms with Gasteiger partial charge in [-0.15, -0.1) is 0 Å². The van der Waals surface area contributed by atoms with Gasteiger partial charge in [0, 0.05) is 42.1 Å². The lowest BCUT2D eigenvalue weighted by molar-refractivity contribution is 0.0741. The van der Waals surface area contributed by atoms with Gasteiger partial charge in [-0.3, -0.25) is 9.78 Å². The van der Waals surface area contributed by atoms with Crippen LogP contribution in [0.25, 0.3) is 28.2 Å². The molecule has 4 heterocycles. The number of hydrogen-bond donors (Lipinski definition) is 1. The number of carbonyl (C=O) groups is 1. The Balaban J connectivity index is 1.57. The molecule has 0 spiro atoms. The normalized spacial score (nSPS) is 16.2. The van der Waals surface area contributed by atoms with Crippen LogP contribution >= 0.6 is 0 Å². The van der Waals surface area contributed by atoms with Gasteiger partial charge >= 0.3 is 0 Å². The van der Waals surface area contributed by atoms with E-state index < -0.39 is 0 Å². The van der Waals surface area contributed by atoms with E-state index in [1.165, 1.54) is 0 Å². The monoisotopic (exact) mass is 412 g/mol. The van der Waals surface area contributed by atoms with Crippen LogP contribution in [0.1, 0.15) is 28.9 Å². The van der Waals surface area contributed by atoms with Crippen LogP contribution in [-0.2, 0) is 0 Å². The van der Waals surface area contributed by atoms with Crippen molar-refractivity contribution in [1.29, 1.82) is 0 Å². The zero-order valence-corrected chi connectivity index (χ0v) is 17.4. The van der Waals surface area contributed by atoms with Crippen LogP contribution in [0.15, 0.2) is 60.9 Å². The van der Waals surface area contributed by atoms with Crippen molar-refractivity contribution in [3.63, 3.8) is 0 Å². The molecule has 4 aromatic rings. The summed E-state index contributed by atoms with van der Waals surface area (Å²) < 4.78 is 1.73. The van der Waals surface area contributed by atoms with Crippen molar-refractivity contribution < 1.29 is 4.79 Å². The van der Waals surface area contributed by atoms with Gasteiger partial charge in [0.05, 0.1) is 23.1 Å². The van der Waals surface area contributed by atoms with Crippen LogP contribution < -0.4 is 5.73 Å². The molecule has 7 heteroatoms. The number of carbonyl (C=O) groups excluding carboxylic acids is 1. The second-order valence-electron chi connectivity index (χ2n) is 7.92. The van der Waals surface area contributed by atoms with Gasteiger partial charge in [-0.25, -0.2) is 9.50 Å². The topological polar surface area (TPSA) is 89.4 Å². The van der Waals surface area contributed by atoms with Crippen LogP contribution in [0, 0.1) is 6.92 Å². The van der Waals surface area contributed by atoms with Crippen LogP contribution in [0.3, 0.4) is 0 Å². The summed E-state index contributed by atoms with van der Waals surface area (Å²) in [7, 11) is 0. The number of aromatic nitrogens is 4. The lowest BCUT2D eigenvalue weighted by Crippen LogP contribution is -2.39. The molecule has 0 saturated carbocycles. The summed E-state index contributed by atoms with van der Waals surface area (Å²) in [5.41, 5.74) is 11.4. The summed E-state index contributed by atoms with van der Waals surface area (Å²) in [6, 6.07) is 15.8. The highest BCUT2D eigenvalue weighted by Crippen LogP contribution is 2.27. The third-order valence-electron chi connectivity index (χ3n) is 5.83. The third kappa shape index (κ3) is 3.57. The van der Waals surface area contributed by atoms with Crippen LogP contribution in [0.5, 0.6) is 0 Å². The number of pyridine rings is 1. The fraction of sp³-hybridized carbons (Fsp3) is 0.250. The van der Waals surface area contributed by atoms with E-state index in [4.69, 9.17) is 10.7 Å². The van der Waals surface area contributed by atoms with E-state index in [1.807, 2.05) is 66.6 Å². The molecule has 5 rings (SSSR count). The average molecular weight is 412 g/mol. The largest absolute Gasteiger partial charge is 0.334 e. The van der Waals surface area contributed by atoms with Gasteiger partial charge in [-0.1, -0.05) is 30.3 Å². The predicted octanol–water partition coefficient (Wildman–Crippen LogP) is 3.33. The van der Waals surface area contributed by atoms with Crippen molar-refractivity contribution in [2.24, 2.45) is 5.73 Å². The SMILES string of the molecule is Cc1cc(C(=O)N2CCCC2CN)cc(-c2cnn3ccc(-c4ccccc4)nc23)n1. The average Bonchev–Trinajstić information content (AvgIpc) is 3.45. The summed E-state index contributed by atoms with van der Waals surface area (Å²) in [4.78, 5) is 24.6. The standard InChI is InChI=1S/C24H24N6O/c1-16-12-18(24(31)29-10-5-8-19(29)14-25)13-22(27-16)20-15-26-30-11-9-21(28-23(20)30)17-6-3-2-4-7-17/h2-4,6-7,9,11-13,15,19H,5,8,10,14,25H2,1H3. The maximum Gasteiger partial charge on any atom is 0.254 e. The van der Waals surface area contributed by atoms with Crippen molar-refractivity contribution in [3.8, 4) is 22.5 Å². The Morgan fingerprint density at radius 1 is 1.13 bits per heavy atom. The van der Waals surface area contributed by atoms with Gasteiger partial charge in [-0.05, 0) is 38.0 Å². The molecule has 2 N–H and O–H groups in total. The first kappa shape index (κ1) is 19.4. The highest BCUT2D eigenvalue weighted by molar-refractivity contribution is 5.96. The molecule has 1 aromatic carbocycles. The van der Waals surface area contributed by atoms with E-state index in [-0.39, 0.29) is 11.9 Å². The number of benzene rings is 1.